The first-order valence-corrected chi connectivity index (χ1v) is 7.11. The molecule has 0 radical (unpaired) electrons. The Morgan fingerprint density at radius 2 is 2.09 bits per heavy atom. The van der Waals surface area contributed by atoms with Gasteiger partial charge in [-0.05, 0) is 12.5 Å². The molecule has 3 amide bonds. The van der Waals surface area contributed by atoms with Gasteiger partial charge in [0.2, 0.25) is 5.91 Å². The summed E-state index contributed by atoms with van der Waals surface area (Å²) < 4.78 is 5.20. The summed E-state index contributed by atoms with van der Waals surface area (Å²) in [5.41, 5.74) is 6.12. The maximum absolute atomic E-state index is 12.3. The molecule has 0 aromatic carbocycles. The zero-order chi connectivity index (χ0) is 16.9. The van der Waals surface area contributed by atoms with Gasteiger partial charge < -0.3 is 15.1 Å². The van der Waals surface area contributed by atoms with Crippen molar-refractivity contribution in [3.63, 3.8) is 0 Å². The van der Waals surface area contributed by atoms with Crippen LogP contribution in [-0.2, 0) is 4.79 Å². The lowest BCUT2D eigenvalue weighted by Gasteiger charge is -2.48. The first-order chi connectivity index (χ1) is 10.8. The lowest BCUT2D eigenvalue weighted by molar-refractivity contribution is -0.402. The van der Waals surface area contributed by atoms with Crippen molar-refractivity contribution < 1.29 is 18.9 Å². The highest BCUT2D eigenvalue weighted by molar-refractivity contribution is 5.98. The maximum Gasteiger partial charge on any atom is 0.433 e. The highest BCUT2D eigenvalue weighted by atomic mass is 16.6. The van der Waals surface area contributed by atoms with E-state index in [1.54, 1.807) is 7.05 Å². The normalized spacial score (nSPS) is 31.3. The Kier molecular flexibility index (Phi) is 3.57. The van der Waals surface area contributed by atoms with Crippen molar-refractivity contribution in [2.45, 2.75) is 24.7 Å². The average Bonchev–Trinajstić information content (AvgIpc) is 3.00. The highest BCUT2D eigenvalue weighted by Gasteiger charge is 2.49. The van der Waals surface area contributed by atoms with Gasteiger partial charge in [-0.25, -0.2) is 4.79 Å². The number of carbonyl (C=O) groups is 2. The third-order valence-electron chi connectivity index (χ3n) is 4.44. The molecule has 3 heterocycles. The van der Waals surface area contributed by atoms with Crippen LogP contribution in [0.4, 0.5) is 10.7 Å². The van der Waals surface area contributed by atoms with Gasteiger partial charge in [0.15, 0.2) is 0 Å². The van der Waals surface area contributed by atoms with Crippen molar-refractivity contribution >= 4 is 17.8 Å². The van der Waals surface area contributed by atoms with Crippen LogP contribution in [0.1, 0.15) is 18.2 Å². The molecule has 2 aliphatic rings. The van der Waals surface area contributed by atoms with Crippen molar-refractivity contribution in [3.05, 3.63) is 28.0 Å². The molecule has 124 valence electrons. The van der Waals surface area contributed by atoms with Gasteiger partial charge in [0.05, 0.1) is 24.2 Å². The van der Waals surface area contributed by atoms with Crippen molar-refractivity contribution in [2.24, 2.45) is 11.7 Å². The lowest BCUT2D eigenvalue weighted by atomic mass is 9.84. The van der Waals surface area contributed by atoms with E-state index in [0.717, 1.165) is 4.90 Å². The summed E-state index contributed by atoms with van der Waals surface area (Å²) >= 11 is 0. The molecule has 1 aromatic heterocycles. The number of piperidine rings is 1. The number of nitro groups is 1. The number of nitrogens with two attached hydrogens (primary N) is 1. The van der Waals surface area contributed by atoms with E-state index >= 15 is 0 Å². The third kappa shape index (κ3) is 2.35. The fraction of sp³-hybridized carbons (Fsp3) is 0.538. The summed E-state index contributed by atoms with van der Waals surface area (Å²) in [4.78, 5) is 36.9. The Hall–Kier alpha value is -2.46. The molecule has 23 heavy (non-hydrogen) atoms. The van der Waals surface area contributed by atoms with Crippen molar-refractivity contribution in [1.82, 2.24) is 15.1 Å². The molecule has 2 saturated heterocycles. The van der Waals surface area contributed by atoms with E-state index in [4.69, 9.17) is 10.2 Å². The second kappa shape index (κ2) is 5.32. The molecule has 2 aliphatic heterocycles. The van der Waals surface area contributed by atoms with Gasteiger partial charge in [-0.15, -0.1) is 0 Å². The molecule has 3 rings (SSSR count). The van der Waals surface area contributed by atoms with E-state index in [1.807, 2.05) is 0 Å². The van der Waals surface area contributed by atoms with E-state index in [2.05, 4.69) is 5.32 Å². The average molecular weight is 323 g/mol. The molecule has 10 heteroatoms. The number of imide groups is 1. The largest absolute Gasteiger partial charge is 0.433 e. The van der Waals surface area contributed by atoms with E-state index in [0.29, 0.717) is 12.2 Å². The van der Waals surface area contributed by atoms with Crippen LogP contribution in [0.3, 0.4) is 0 Å². The number of fused-ring (bicyclic) bond motifs is 1. The van der Waals surface area contributed by atoms with Gasteiger partial charge >= 0.3 is 11.9 Å². The minimum atomic E-state index is -0.630. The zero-order valence-electron chi connectivity index (χ0n) is 12.6. The minimum absolute atomic E-state index is 0.287. The van der Waals surface area contributed by atoms with E-state index in [1.165, 1.54) is 24.1 Å². The van der Waals surface area contributed by atoms with Crippen LogP contribution < -0.4 is 11.1 Å². The van der Waals surface area contributed by atoms with Crippen molar-refractivity contribution in [2.75, 3.05) is 14.1 Å². The number of rotatable bonds is 2. The van der Waals surface area contributed by atoms with E-state index in [-0.39, 0.29) is 11.8 Å². The first-order valence-electron chi connectivity index (χ1n) is 7.11. The number of nitrogens with zero attached hydrogens (tertiary/aromatic N) is 3. The Morgan fingerprint density at radius 3 is 2.70 bits per heavy atom. The fourth-order valence-corrected chi connectivity index (χ4v) is 3.20. The number of urea groups is 1. The summed E-state index contributed by atoms with van der Waals surface area (Å²) in [6, 6.07) is 1.33. The molecular formula is C13H17N5O5. The van der Waals surface area contributed by atoms with Crippen molar-refractivity contribution in [1.29, 1.82) is 0 Å². The fourth-order valence-electron chi connectivity index (χ4n) is 3.20. The SMILES string of the molecule is CN1C(=O)C2CC(N)C(c3ccc([N+](=O)[O-])o3)NC2N(C)C1=O. The van der Waals surface area contributed by atoms with Crippen LogP contribution in [0.2, 0.25) is 0 Å². The number of hydrogen-bond acceptors (Lipinski definition) is 7. The van der Waals surface area contributed by atoms with Gasteiger partial charge in [0, 0.05) is 20.1 Å². The number of hydrogen-bond donors (Lipinski definition) is 2. The van der Waals surface area contributed by atoms with Crippen molar-refractivity contribution in [3.8, 4) is 0 Å². The quantitative estimate of drug-likeness (QED) is 0.578. The topological polar surface area (TPSA) is 135 Å². The molecule has 10 nitrogen and oxygen atoms in total. The standard InChI is InChI=1S/C13H17N5O5/c1-16-11-6(12(19)17(2)13(16)20)5-7(14)10(15-11)8-3-4-9(23-8)18(21)22/h3-4,6-7,10-11,15H,5,14H2,1-2H3. The van der Waals surface area contributed by atoms with Crippen LogP contribution in [-0.4, -0.2) is 53.0 Å². The summed E-state index contributed by atoms with van der Waals surface area (Å²) in [5, 5.41) is 13.9. The van der Waals surface area contributed by atoms with E-state index < -0.39 is 35.1 Å². The monoisotopic (exact) mass is 323 g/mol. The predicted octanol–water partition coefficient (Wildman–Crippen LogP) is 0.0156. The Labute approximate surface area is 131 Å². The first kappa shape index (κ1) is 15.4. The maximum atomic E-state index is 12.3. The van der Waals surface area contributed by atoms with Gasteiger partial charge in [0.1, 0.15) is 10.7 Å². The number of nitrogens with one attached hydrogen (secondary N) is 1. The Balaban J connectivity index is 1.87. The molecule has 1 aromatic rings. The summed E-state index contributed by atoms with van der Waals surface area (Å²) in [6.45, 7) is 0. The second-order valence-electron chi connectivity index (χ2n) is 5.82. The van der Waals surface area contributed by atoms with Crippen LogP contribution in [0, 0.1) is 16.0 Å². The molecular weight excluding hydrogens is 306 g/mol. The van der Waals surface area contributed by atoms with Gasteiger partial charge in [-0.2, -0.15) is 0 Å². The number of furan rings is 1. The highest BCUT2D eigenvalue weighted by Crippen LogP contribution is 2.34. The van der Waals surface area contributed by atoms with Crippen LogP contribution >= 0.6 is 0 Å². The number of amides is 3. The molecule has 3 N–H and O–H groups in total. The van der Waals surface area contributed by atoms with E-state index in [9.17, 15) is 19.7 Å². The Morgan fingerprint density at radius 1 is 1.39 bits per heavy atom. The smallest absolute Gasteiger partial charge is 0.404 e. The van der Waals surface area contributed by atoms with Gasteiger partial charge in [0.25, 0.3) is 0 Å². The summed E-state index contributed by atoms with van der Waals surface area (Å²) in [6.07, 6.45) is -0.183. The second-order valence-corrected chi connectivity index (χ2v) is 5.82. The predicted molar refractivity (Wildman–Crippen MR) is 77.0 cm³/mol. The minimum Gasteiger partial charge on any atom is -0.404 e. The third-order valence-corrected chi connectivity index (χ3v) is 4.44. The molecule has 4 unspecified atom stereocenters. The lowest BCUT2D eigenvalue weighted by Crippen LogP contribution is -2.68. The summed E-state index contributed by atoms with van der Waals surface area (Å²) in [5.74, 6) is -0.807. The Bertz CT molecular complexity index is 673. The van der Waals surface area contributed by atoms with Crippen LogP contribution in [0.15, 0.2) is 16.5 Å². The molecule has 0 bridgehead atoms. The van der Waals surface area contributed by atoms with Crippen LogP contribution in [0.5, 0.6) is 0 Å². The van der Waals surface area contributed by atoms with Crippen LogP contribution in [0.25, 0.3) is 0 Å². The molecule has 4 atom stereocenters. The molecule has 0 aliphatic carbocycles. The van der Waals surface area contributed by atoms with Gasteiger partial charge in [-0.1, -0.05) is 0 Å². The summed E-state index contributed by atoms with van der Waals surface area (Å²) in [7, 11) is 3.03. The molecule has 0 spiro atoms. The molecule has 2 fully saturated rings. The molecule has 0 saturated carbocycles. The zero-order valence-corrected chi connectivity index (χ0v) is 12.6. The van der Waals surface area contributed by atoms with Gasteiger partial charge in [-0.3, -0.25) is 25.1 Å². The number of carbonyl (C=O) groups excluding carboxylic acids is 2.